The van der Waals surface area contributed by atoms with E-state index in [1.54, 1.807) is 4.90 Å². The molecule has 2 unspecified atom stereocenters. The molecule has 0 aromatic carbocycles. The maximum Gasteiger partial charge on any atom is 0.407 e. The molecule has 0 aromatic rings. The van der Waals surface area contributed by atoms with Crippen LogP contribution in [0.1, 0.15) is 85.0 Å². The standard InChI is InChI=1S/C18H35NO3/c1-4-7-10-15-16(20)11-14-19(17(21)22)18(15,12-8-5-2)13-9-6-3/h15-16,20H,4-14H2,1-3H3,(H,21,22). The van der Waals surface area contributed by atoms with Crippen molar-refractivity contribution in [2.75, 3.05) is 6.54 Å². The highest BCUT2D eigenvalue weighted by Crippen LogP contribution is 2.44. The number of nitrogens with zero attached hydrogens (tertiary/aromatic N) is 1. The van der Waals surface area contributed by atoms with Gasteiger partial charge >= 0.3 is 6.09 Å². The summed E-state index contributed by atoms with van der Waals surface area (Å²) in [5.41, 5.74) is -0.356. The predicted molar refractivity (Wildman–Crippen MR) is 90.2 cm³/mol. The number of unbranched alkanes of at least 4 members (excludes halogenated alkanes) is 3. The summed E-state index contributed by atoms with van der Waals surface area (Å²) in [6.07, 6.45) is 8.50. The van der Waals surface area contributed by atoms with Crippen LogP contribution in [0.2, 0.25) is 0 Å². The number of hydrogen-bond acceptors (Lipinski definition) is 2. The Hall–Kier alpha value is -0.770. The van der Waals surface area contributed by atoms with Crippen LogP contribution in [0.25, 0.3) is 0 Å². The normalized spacial score (nSPS) is 24.5. The van der Waals surface area contributed by atoms with E-state index < -0.39 is 6.09 Å². The molecule has 4 nitrogen and oxygen atoms in total. The van der Waals surface area contributed by atoms with Crippen molar-refractivity contribution in [2.24, 2.45) is 5.92 Å². The third-order valence-corrected chi connectivity index (χ3v) is 5.37. The second-order valence-electron chi connectivity index (χ2n) is 6.85. The molecule has 0 bridgehead atoms. The summed E-state index contributed by atoms with van der Waals surface area (Å²) in [4.78, 5) is 13.6. The molecule has 0 spiro atoms. The number of carbonyl (C=O) groups is 1. The topological polar surface area (TPSA) is 60.8 Å². The van der Waals surface area contributed by atoms with Gasteiger partial charge in [-0.1, -0.05) is 59.3 Å². The van der Waals surface area contributed by atoms with Gasteiger partial charge < -0.3 is 15.1 Å². The number of carboxylic acid groups (broad SMARTS) is 1. The van der Waals surface area contributed by atoms with E-state index in [-0.39, 0.29) is 17.6 Å². The van der Waals surface area contributed by atoms with E-state index >= 15 is 0 Å². The van der Waals surface area contributed by atoms with Gasteiger partial charge in [-0.25, -0.2) is 4.79 Å². The highest BCUT2D eigenvalue weighted by Gasteiger charge is 2.50. The molecule has 130 valence electrons. The molecule has 2 atom stereocenters. The SMILES string of the molecule is CCCCC1C(O)CCN(C(=O)O)C1(CCCC)CCCC. The number of likely N-dealkylation sites (tertiary alicyclic amines) is 1. The molecule has 0 aliphatic carbocycles. The summed E-state index contributed by atoms with van der Waals surface area (Å²) in [6, 6.07) is 0. The van der Waals surface area contributed by atoms with Crippen LogP contribution in [0.5, 0.6) is 0 Å². The molecule has 1 aliphatic heterocycles. The zero-order chi connectivity index (χ0) is 16.6. The van der Waals surface area contributed by atoms with Crippen LogP contribution in [0.15, 0.2) is 0 Å². The molecule has 1 rings (SSSR count). The Bertz CT molecular complexity index is 324. The van der Waals surface area contributed by atoms with Gasteiger partial charge in [-0.15, -0.1) is 0 Å². The van der Waals surface area contributed by atoms with Crippen molar-refractivity contribution in [1.82, 2.24) is 4.90 Å². The monoisotopic (exact) mass is 313 g/mol. The van der Waals surface area contributed by atoms with Crippen LogP contribution in [0.4, 0.5) is 4.79 Å². The molecule has 1 saturated heterocycles. The Morgan fingerprint density at radius 2 is 1.64 bits per heavy atom. The maximum absolute atomic E-state index is 11.9. The van der Waals surface area contributed by atoms with Crippen LogP contribution < -0.4 is 0 Å². The average molecular weight is 313 g/mol. The number of piperidine rings is 1. The van der Waals surface area contributed by atoms with E-state index in [9.17, 15) is 15.0 Å². The quantitative estimate of drug-likeness (QED) is 0.651. The maximum atomic E-state index is 11.9. The Morgan fingerprint density at radius 1 is 1.09 bits per heavy atom. The lowest BCUT2D eigenvalue weighted by atomic mass is 9.67. The molecule has 2 N–H and O–H groups in total. The lowest BCUT2D eigenvalue weighted by Crippen LogP contribution is -2.63. The van der Waals surface area contributed by atoms with Crippen molar-refractivity contribution in [3.8, 4) is 0 Å². The van der Waals surface area contributed by atoms with Crippen LogP contribution >= 0.6 is 0 Å². The Morgan fingerprint density at radius 3 is 2.09 bits per heavy atom. The summed E-state index contributed by atoms with van der Waals surface area (Å²) < 4.78 is 0. The van der Waals surface area contributed by atoms with Crippen molar-refractivity contribution >= 4 is 6.09 Å². The molecule has 0 radical (unpaired) electrons. The van der Waals surface area contributed by atoms with Crippen molar-refractivity contribution in [2.45, 2.75) is 96.6 Å². The number of rotatable bonds is 9. The van der Waals surface area contributed by atoms with Gasteiger partial charge in [-0.05, 0) is 25.7 Å². The highest BCUT2D eigenvalue weighted by molar-refractivity contribution is 5.66. The second kappa shape index (κ2) is 9.39. The Kier molecular flexibility index (Phi) is 8.23. The third kappa shape index (κ3) is 4.37. The van der Waals surface area contributed by atoms with Gasteiger partial charge in [0.15, 0.2) is 0 Å². The fourth-order valence-corrected chi connectivity index (χ4v) is 4.15. The van der Waals surface area contributed by atoms with Gasteiger partial charge in [-0.3, -0.25) is 0 Å². The fourth-order valence-electron chi connectivity index (χ4n) is 4.15. The fraction of sp³-hybridized carbons (Fsp3) is 0.944. The summed E-state index contributed by atoms with van der Waals surface area (Å²) in [5, 5.41) is 20.4. The molecule has 1 heterocycles. The van der Waals surface area contributed by atoms with Gasteiger partial charge in [0.1, 0.15) is 0 Å². The summed E-state index contributed by atoms with van der Waals surface area (Å²) >= 11 is 0. The van der Waals surface area contributed by atoms with Crippen LogP contribution in [-0.4, -0.2) is 39.4 Å². The molecule has 0 aromatic heterocycles. The van der Waals surface area contributed by atoms with Crippen molar-refractivity contribution in [3.63, 3.8) is 0 Å². The summed E-state index contributed by atoms with van der Waals surface area (Å²) in [6.45, 7) is 6.94. The van der Waals surface area contributed by atoms with Gasteiger partial charge in [0.2, 0.25) is 0 Å². The first-order valence-electron chi connectivity index (χ1n) is 9.22. The van der Waals surface area contributed by atoms with E-state index in [0.29, 0.717) is 13.0 Å². The van der Waals surface area contributed by atoms with Crippen LogP contribution in [0, 0.1) is 5.92 Å². The summed E-state index contributed by atoms with van der Waals surface area (Å²) in [5.74, 6) is 0.0930. The summed E-state index contributed by atoms with van der Waals surface area (Å²) in [7, 11) is 0. The van der Waals surface area contributed by atoms with Crippen molar-refractivity contribution in [3.05, 3.63) is 0 Å². The first kappa shape index (κ1) is 19.3. The molecule has 1 aliphatic rings. The molecule has 22 heavy (non-hydrogen) atoms. The molecule has 1 fully saturated rings. The molecule has 1 amide bonds. The third-order valence-electron chi connectivity index (χ3n) is 5.37. The molecular weight excluding hydrogens is 278 g/mol. The predicted octanol–water partition coefficient (Wildman–Crippen LogP) is 4.66. The van der Waals surface area contributed by atoms with E-state index in [1.807, 2.05) is 0 Å². The lowest BCUT2D eigenvalue weighted by molar-refractivity contribution is -0.0796. The smallest absolute Gasteiger partial charge is 0.407 e. The molecule has 4 heteroatoms. The first-order chi connectivity index (χ1) is 10.5. The Labute approximate surface area is 135 Å². The van der Waals surface area contributed by atoms with Gasteiger partial charge in [0.25, 0.3) is 0 Å². The Balaban J connectivity index is 3.13. The van der Waals surface area contributed by atoms with Gasteiger partial charge in [0.05, 0.1) is 11.6 Å². The number of aliphatic hydroxyl groups is 1. The van der Waals surface area contributed by atoms with E-state index in [2.05, 4.69) is 20.8 Å². The van der Waals surface area contributed by atoms with E-state index in [4.69, 9.17) is 0 Å². The van der Waals surface area contributed by atoms with Crippen LogP contribution in [-0.2, 0) is 0 Å². The first-order valence-corrected chi connectivity index (χ1v) is 9.22. The minimum Gasteiger partial charge on any atom is -0.465 e. The number of aliphatic hydroxyl groups excluding tert-OH is 1. The van der Waals surface area contributed by atoms with Gasteiger partial charge in [-0.2, -0.15) is 0 Å². The zero-order valence-electron chi connectivity index (χ0n) is 14.7. The largest absolute Gasteiger partial charge is 0.465 e. The van der Waals surface area contributed by atoms with Crippen molar-refractivity contribution in [1.29, 1.82) is 0 Å². The highest BCUT2D eigenvalue weighted by atomic mass is 16.4. The van der Waals surface area contributed by atoms with E-state index in [0.717, 1.165) is 57.8 Å². The number of amides is 1. The van der Waals surface area contributed by atoms with E-state index in [1.165, 1.54) is 0 Å². The van der Waals surface area contributed by atoms with Crippen molar-refractivity contribution < 1.29 is 15.0 Å². The zero-order valence-corrected chi connectivity index (χ0v) is 14.7. The average Bonchev–Trinajstić information content (AvgIpc) is 2.50. The van der Waals surface area contributed by atoms with Crippen LogP contribution in [0.3, 0.4) is 0 Å². The second-order valence-corrected chi connectivity index (χ2v) is 6.85. The molecular formula is C18H35NO3. The lowest BCUT2D eigenvalue weighted by Gasteiger charge is -2.53. The minimum absolute atomic E-state index is 0.0930. The molecule has 0 saturated carbocycles. The minimum atomic E-state index is -0.805. The number of hydrogen-bond donors (Lipinski definition) is 2. The van der Waals surface area contributed by atoms with Gasteiger partial charge in [0, 0.05) is 12.5 Å².